The molecule has 0 aromatic heterocycles. The Bertz CT molecular complexity index is 474. The third-order valence-corrected chi connectivity index (χ3v) is 3.64. The lowest BCUT2D eigenvalue weighted by atomic mass is 9.99. The van der Waals surface area contributed by atoms with Gasteiger partial charge >= 0.3 is 0 Å². The Balaban J connectivity index is 3.05. The molecule has 0 aliphatic heterocycles. The normalized spacial score (nSPS) is 12.0. The van der Waals surface area contributed by atoms with E-state index >= 15 is 0 Å². The summed E-state index contributed by atoms with van der Waals surface area (Å²) in [6.07, 6.45) is 3.05. The van der Waals surface area contributed by atoms with Crippen LogP contribution in [-0.2, 0) is 0 Å². The van der Waals surface area contributed by atoms with Crippen LogP contribution < -0.4 is 14.8 Å². The van der Waals surface area contributed by atoms with Crippen molar-refractivity contribution < 1.29 is 9.47 Å². The van der Waals surface area contributed by atoms with Crippen LogP contribution >= 0.6 is 11.6 Å². The highest BCUT2D eigenvalue weighted by molar-refractivity contribution is 6.32. The van der Waals surface area contributed by atoms with Crippen molar-refractivity contribution in [3.63, 3.8) is 0 Å². The molecule has 1 aromatic carbocycles. The molecule has 0 radical (unpaired) electrons. The molecule has 21 heavy (non-hydrogen) atoms. The quantitative estimate of drug-likeness (QED) is 0.667. The van der Waals surface area contributed by atoms with Crippen LogP contribution in [-0.4, -0.2) is 20.8 Å². The fourth-order valence-corrected chi connectivity index (χ4v) is 2.53. The van der Waals surface area contributed by atoms with Crippen molar-refractivity contribution in [1.29, 1.82) is 0 Å². The Morgan fingerprint density at radius 1 is 1.33 bits per heavy atom. The van der Waals surface area contributed by atoms with Gasteiger partial charge in [-0.1, -0.05) is 24.1 Å². The zero-order chi connectivity index (χ0) is 15.8. The fourth-order valence-electron chi connectivity index (χ4n) is 2.23. The topological polar surface area (TPSA) is 30.5 Å². The number of allylic oxidation sites excluding steroid dienone is 1. The van der Waals surface area contributed by atoms with Gasteiger partial charge in [0.2, 0.25) is 0 Å². The molecule has 0 aliphatic rings. The first-order chi connectivity index (χ1) is 10.0. The number of hydrogen-bond acceptors (Lipinski definition) is 3. The van der Waals surface area contributed by atoms with E-state index in [1.165, 1.54) is 5.57 Å². The molecule has 118 valence electrons. The van der Waals surface area contributed by atoms with Gasteiger partial charge in [-0.3, -0.25) is 0 Å². The van der Waals surface area contributed by atoms with Gasteiger partial charge in [0.15, 0.2) is 11.5 Å². The predicted molar refractivity (Wildman–Crippen MR) is 89.6 cm³/mol. The van der Waals surface area contributed by atoms with Crippen molar-refractivity contribution in [2.45, 2.75) is 39.2 Å². The summed E-state index contributed by atoms with van der Waals surface area (Å²) in [5.41, 5.74) is 2.30. The largest absolute Gasteiger partial charge is 0.493 e. The van der Waals surface area contributed by atoms with E-state index < -0.39 is 0 Å². The Morgan fingerprint density at radius 2 is 2.05 bits per heavy atom. The van der Waals surface area contributed by atoms with E-state index in [1.807, 2.05) is 12.1 Å². The van der Waals surface area contributed by atoms with E-state index in [9.17, 15) is 0 Å². The van der Waals surface area contributed by atoms with Gasteiger partial charge in [-0.2, -0.15) is 0 Å². The second-order valence-electron chi connectivity index (χ2n) is 5.24. The predicted octanol–water partition coefficient (Wildman–Crippen LogP) is 4.75. The Morgan fingerprint density at radius 3 is 2.57 bits per heavy atom. The first-order valence-corrected chi connectivity index (χ1v) is 7.70. The highest BCUT2D eigenvalue weighted by atomic mass is 35.5. The average Bonchev–Trinajstić information content (AvgIpc) is 2.46. The van der Waals surface area contributed by atoms with Gasteiger partial charge in [0.1, 0.15) is 0 Å². The van der Waals surface area contributed by atoms with Crippen LogP contribution in [0.4, 0.5) is 0 Å². The molecule has 0 aliphatic carbocycles. The van der Waals surface area contributed by atoms with E-state index in [0.29, 0.717) is 16.5 Å². The zero-order valence-corrected chi connectivity index (χ0v) is 14.2. The third-order valence-electron chi connectivity index (χ3n) is 3.36. The number of hydrogen-bond donors (Lipinski definition) is 1. The van der Waals surface area contributed by atoms with Crippen molar-refractivity contribution in [1.82, 2.24) is 5.32 Å². The highest BCUT2D eigenvalue weighted by Gasteiger charge is 2.17. The first-order valence-electron chi connectivity index (χ1n) is 7.32. The lowest BCUT2D eigenvalue weighted by molar-refractivity contribution is 0.353. The number of methoxy groups -OCH3 is 2. The van der Waals surface area contributed by atoms with Gasteiger partial charge in [0.05, 0.1) is 19.2 Å². The molecule has 3 nitrogen and oxygen atoms in total. The second-order valence-corrected chi connectivity index (χ2v) is 5.65. The van der Waals surface area contributed by atoms with Crippen molar-refractivity contribution in [2.75, 3.05) is 20.8 Å². The molecule has 1 N–H and O–H groups in total. The van der Waals surface area contributed by atoms with Gasteiger partial charge in [-0.15, -0.1) is 6.58 Å². The van der Waals surface area contributed by atoms with E-state index in [2.05, 4.69) is 25.7 Å². The van der Waals surface area contributed by atoms with Crippen LogP contribution in [0.25, 0.3) is 0 Å². The molecule has 4 heteroatoms. The average molecular weight is 312 g/mol. The van der Waals surface area contributed by atoms with Crippen LogP contribution in [0.15, 0.2) is 24.3 Å². The maximum absolute atomic E-state index is 6.30. The standard InChI is InChI=1S/C17H26ClNO2/c1-6-9-19-15(8-7-12(2)3)13-10-14(18)17(21-5)16(11-13)20-4/h10-11,15,19H,2,6-9H2,1,3-5H3. The molecule has 1 atom stereocenters. The fraction of sp³-hybridized carbons (Fsp3) is 0.529. The lowest BCUT2D eigenvalue weighted by Gasteiger charge is -2.21. The maximum atomic E-state index is 6.30. The SMILES string of the molecule is C=C(C)CCC(NCCC)c1cc(Cl)c(OC)c(OC)c1. The van der Waals surface area contributed by atoms with Gasteiger partial charge in [-0.05, 0) is 50.4 Å². The van der Waals surface area contributed by atoms with Crippen molar-refractivity contribution >= 4 is 11.6 Å². The number of rotatable bonds is 9. The summed E-state index contributed by atoms with van der Waals surface area (Å²) in [5, 5.41) is 4.14. The Kier molecular flexibility index (Phi) is 7.62. The van der Waals surface area contributed by atoms with Gasteiger partial charge < -0.3 is 14.8 Å². The van der Waals surface area contributed by atoms with Crippen molar-refractivity contribution in [2.24, 2.45) is 0 Å². The molecule has 0 fully saturated rings. The minimum absolute atomic E-state index is 0.235. The van der Waals surface area contributed by atoms with Crippen LogP contribution in [0.3, 0.4) is 0 Å². The second kappa shape index (κ2) is 8.96. The summed E-state index contributed by atoms with van der Waals surface area (Å²) < 4.78 is 10.7. The number of nitrogens with one attached hydrogen (secondary N) is 1. The van der Waals surface area contributed by atoms with E-state index in [1.54, 1.807) is 14.2 Å². The van der Waals surface area contributed by atoms with Crippen LogP contribution in [0.2, 0.25) is 5.02 Å². The molecular weight excluding hydrogens is 286 g/mol. The highest BCUT2D eigenvalue weighted by Crippen LogP contribution is 2.38. The molecular formula is C17H26ClNO2. The zero-order valence-electron chi connectivity index (χ0n) is 13.5. The summed E-state index contributed by atoms with van der Waals surface area (Å²) in [7, 11) is 3.22. The van der Waals surface area contributed by atoms with E-state index in [0.717, 1.165) is 31.4 Å². The summed E-state index contributed by atoms with van der Waals surface area (Å²) >= 11 is 6.30. The number of halogens is 1. The smallest absolute Gasteiger partial charge is 0.179 e. The monoisotopic (exact) mass is 311 g/mol. The van der Waals surface area contributed by atoms with Crippen molar-refractivity contribution in [3.8, 4) is 11.5 Å². The van der Waals surface area contributed by atoms with Crippen LogP contribution in [0.5, 0.6) is 11.5 Å². The van der Waals surface area contributed by atoms with E-state index in [4.69, 9.17) is 21.1 Å². The van der Waals surface area contributed by atoms with Crippen LogP contribution in [0.1, 0.15) is 44.7 Å². The minimum Gasteiger partial charge on any atom is -0.493 e. The molecule has 1 unspecified atom stereocenters. The molecule has 0 saturated carbocycles. The molecule has 0 heterocycles. The number of benzene rings is 1. The third kappa shape index (κ3) is 5.25. The molecule has 1 aromatic rings. The van der Waals surface area contributed by atoms with Gasteiger partial charge in [0, 0.05) is 6.04 Å². The molecule has 0 saturated heterocycles. The summed E-state index contributed by atoms with van der Waals surface area (Å²) in [6.45, 7) is 9.16. The molecule has 0 spiro atoms. The Hall–Kier alpha value is -1.19. The summed E-state index contributed by atoms with van der Waals surface area (Å²) in [5.74, 6) is 1.25. The van der Waals surface area contributed by atoms with Gasteiger partial charge in [-0.25, -0.2) is 0 Å². The van der Waals surface area contributed by atoms with Gasteiger partial charge in [0.25, 0.3) is 0 Å². The van der Waals surface area contributed by atoms with Crippen LogP contribution in [0, 0.1) is 0 Å². The molecule has 0 bridgehead atoms. The first kappa shape index (κ1) is 17.9. The number of ether oxygens (including phenoxy) is 2. The summed E-state index contributed by atoms with van der Waals surface area (Å²) in [6, 6.07) is 4.18. The minimum atomic E-state index is 0.235. The Labute approximate surface area is 133 Å². The van der Waals surface area contributed by atoms with E-state index in [-0.39, 0.29) is 6.04 Å². The summed E-state index contributed by atoms with van der Waals surface area (Å²) in [4.78, 5) is 0. The van der Waals surface area contributed by atoms with Crippen molar-refractivity contribution in [3.05, 3.63) is 34.9 Å². The maximum Gasteiger partial charge on any atom is 0.179 e. The lowest BCUT2D eigenvalue weighted by Crippen LogP contribution is -2.22. The molecule has 1 rings (SSSR count). The molecule has 0 amide bonds.